The molecule has 0 aliphatic carbocycles. The number of hydrogen-bond acceptors (Lipinski definition) is 3. The summed E-state index contributed by atoms with van der Waals surface area (Å²) in [5.74, 6) is -0.693. The zero-order valence-corrected chi connectivity index (χ0v) is 11.6. The number of alkyl halides is 3. The monoisotopic (exact) mass is 300 g/mol. The minimum absolute atomic E-state index is 0.0289. The van der Waals surface area contributed by atoms with Crippen molar-refractivity contribution in [1.29, 1.82) is 0 Å². The van der Waals surface area contributed by atoms with E-state index >= 15 is 0 Å². The van der Waals surface area contributed by atoms with Crippen molar-refractivity contribution < 1.29 is 22.7 Å². The number of carbonyl (C=O) groups excluding carboxylic acids is 1. The number of ether oxygens (including phenoxy) is 1. The summed E-state index contributed by atoms with van der Waals surface area (Å²) in [4.78, 5) is 11.6. The second kappa shape index (κ2) is 5.40. The van der Waals surface area contributed by atoms with E-state index in [9.17, 15) is 18.0 Å². The van der Waals surface area contributed by atoms with E-state index in [1.807, 2.05) is 0 Å². The van der Waals surface area contributed by atoms with Crippen LogP contribution in [-0.4, -0.2) is 17.6 Å². The van der Waals surface area contributed by atoms with Crippen molar-refractivity contribution in [1.82, 2.24) is 4.57 Å². The van der Waals surface area contributed by atoms with E-state index in [0.717, 1.165) is 6.07 Å². The Bertz CT molecular complexity index is 677. The molecule has 7 heteroatoms. The summed E-state index contributed by atoms with van der Waals surface area (Å²) in [5.41, 5.74) is 5.72. The predicted molar refractivity (Wildman–Crippen MR) is 71.6 cm³/mol. The zero-order chi connectivity index (χ0) is 15.8. The minimum atomic E-state index is -4.47. The molecule has 0 aliphatic heterocycles. The van der Waals surface area contributed by atoms with E-state index in [2.05, 4.69) is 4.74 Å². The van der Waals surface area contributed by atoms with Gasteiger partial charge in [-0.3, -0.25) is 0 Å². The summed E-state index contributed by atoms with van der Waals surface area (Å²) < 4.78 is 45.3. The minimum Gasteiger partial charge on any atom is -0.468 e. The molecule has 0 amide bonds. The van der Waals surface area contributed by atoms with E-state index in [0.29, 0.717) is 17.8 Å². The van der Waals surface area contributed by atoms with Crippen molar-refractivity contribution in [2.75, 3.05) is 7.11 Å². The van der Waals surface area contributed by atoms with Gasteiger partial charge in [0.05, 0.1) is 12.7 Å². The number of halogens is 3. The van der Waals surface area contributed by atoms with Crippen LogP contribution in [-0.2, 0) is 22.3 Å². The predicted octanol–water partition coefficient (Wildman–Crippen LogP) is 2.85. The van der Waals surface area contributed by atoms with Crippen LogP contribution in [0.15, 0.2) is 24.3 Å². The highest BCUT2D eigenvalue weighted by atomic mass is 19.4. The van der Waals surface area contributed by atoms with Crippen molar-refractivity contribution in [3.63, 3.8) is 0 Å². The van der Waals surface area contributed by atoms with Gasteiger partial charge in [-0.05, 0) is 25.1 Å². The van der Waals surface area contributed by atoms with Crippen LogP contribution in [0.1, 0.15) is 24.2 Å². The highest BCUT2D eigenvalue weighted by Gasteiger charge is 2.34. The van der Waals surface area contributed by atoms with Gasteiger partial charge in [0.25, 0.3) is 0 Å². The number of methoxy groups -OCH3 is 1. The first-order chi connectivity index (χ1) is 9.81. The average molecular weight is 300 g/mol. The third kappa shape index (κ3) is 2.61. The van der Waals surface area contributed by atoms with Gasteiger partial charge in [-0.25, -0.2) is 4.79 Å². The molecule has 2 aromatic rings. The number of hydrogen-bond donors (Lipinski definition) is 1. The summed E-state index contributed by atoms with van der Waals surface area (Å²) >= 11 is 0. The van der Waals surface area contributed by atoms with Crippen LogP contribution in [0.5, 0.6) is 0 Å². The van der Waals surface area contributed by atoms with Gasteiger partial charge >= 0.3 is 12.1 Å². The average Bonchev–Trinajstić information content (AvgIpc) is 2.82. The van der Waals surface area contributed by atoms with E-state index < -0.39 is 23.8 Å². The van der Waals surface area contributed by atoms with Crippen LogP contribution >= 0.6 is 0 Å². The first kappa shape index (κ1) is 15.4. The van der Waals surface area contributed by atoms with Gasteiger partial charge in [0.15, 0.2) is 0 Å². The Morgan fingerprint density at radius 1 is 1.43 bits per heavy atom. The molecule has 1 atom stereocenters. The number of aryl methyl sites for hydroxylation is 1. The fourth-order valence-electron chi connectivity index (χ4n) is 2.41. The van der Waals surface area contributed by atoms with Gasteiger partial charge in [0.1, 0.15) is 6.04 Å². The van der Waals surface area contributed by atoms with E-state index in [1.54, 1.807) is 17.6 Å². The molecular formula is C14H15F3N2O2. The van der Waals surface area contributed by atoms with Crippen LogP contribution in [0.3, 0.4) is 0 Å². The maximum Gasteiger partial charge on any atom is 0.417 e. The summed E-state index contributed by atoms with van der Waals surface area (Å²) in [6.07, 6.45) is -4.47. The lowest BCUT2D eigenvalue weighted by Crippen LogP contribution is -2.25. The number of aromatic nitrogens is 1. The lowest BCUT2D eigenvalue weighted by Gasteiger charge is -2.13. The highest BCUT2D eigenvalue weighted by molar-refractivity contribution is 5.88. The Hall–Kier alpha value is -2.02. The van der Waals surface area contributed by atoms with E-state index in [-0.39, 0.29) is 5.39 Å². The fraction of sp³-hybridized carbons (Fsp3) is 0.357. The van der Waals surface area contributed by atoms with Crippen LogP contribution in [0.4, 0.5) is 13.2 Å². The molecule has 114 valence electrons. The van der Waals surface area contributed by atoms with Crippen molar-refractivity contribution in [2.45, 2.75) is 25.7 Å². The number of carbonyl (C=O) groups is 1. The number of benzene rings is 1. The number of rotatable bonds is 3. The molecule has 4 nitrogen and oxygen atoms in total. The maximum atomic E-state index is 13.1. The fourth-order valence-corrected chi connectivity index (χ4v) is 2.41. The Morgan fingerprint density at radius 2 is 2.10 bits per heavy atom. The second-order valence-corrected chi connectivity index (χ2v) is 4.55. The molecule has 1 aromatic heterocycles. The lowest BCUT2D eigenvalue weighted by atomic mass is 10.1. The Kier molecular flexibility index (Phi) is 3.95. The quantitative estimate of drug-likeness (QED) is 0.887. The molecule has 0 saturated carbocycles. The molecule has 2 rings (SSSR count). The van der Waals surface area contributed by atoms with Crippen LogP contribution in [0, 0.1) is 0 Å². The topological polar surface area (TPSA) is 57.2 Å². The van der Waals surface area contributed by atoms with Crippen molar-refractivity contribution >= 4 is 16.9 Å². The molecule has 0 saturated heterocycles. The molecular weight excluding hydrogens is 285 g/mol. The normalized spacial score (nSPS) is 13.4. The molecule has 0 fully saturated rings. The van der Waals surface area contributed by atoms with E-state index in [1.165, 1.54) is 19.2 Å². The van der Waals surface area contributed by atoms with Gasteiger partial charge in [-0.15, -0.1) is 0 Å². The van der Waals surface area contributed by atoms with Gasteiger partial charge in [0.2, 0.25) is 0 Å². The Morgan fingerprint density at radius 3 is 2.62 bits per heavy atom. The Balaban J connectivity index is 2.72. The standard InChI is InChI=1S/C14H15F3N2O2/c1-3-19-10-6-4-5-9(14(15,16)17)8(10)7-11(19)12(18)13(20)21-2/h4-7,12H,3,18H2,1-2H3. The van der Waals surface area contributed by atoms with Crippen molar-refractivity contribution in [3.8, 4) is 0 Å². The summed E-state index contributed by atoms with van der Waals surface area (Å²) in [6.45, 7) is 2.16. The van der Waals surface area contributed by atoms with Crippen LogP contribution in [0.25, 0.3) is 10.9 Å². The zero-order valence-electron chi connectivity index (χ0n) is 11.6. The smallest absolute Gasteiger partial charge is 0.417 e. The Labute approximate surface area is 119 Å². The number of nitrogens with zero attached hydrogens (tertiary/aromatic N) is 1. The number of nitrogens with two attached hydrogens (primary N) is 1. The molecule has 1 unspecified atom stereocenters. The summed E-state index contributed by atoms with van der Waals surface area (Å²) in [6, 6.07) is 4.11. The SMILES string of the molecule is CCn1c(C(N)C(=O)OC)cc2c(C(F)(F)F)cccc21. The molecule has 0 spiro atoms. The molecule has 0 radical (unpaired) electrons. The first-order valence-corrected chi connectivity index (χ1v) is 6.34. The van der Waals surface area contributed by atoms with Gasteiger partial charge in [-0.1, -0.05) is 6.07 Å². The summed E-state index contributed by atoms with van der Waals surface area (Å²) in [7, 11) is 1.18. The van der Waals surface area contributed by atoms with Crippen LogP contribution < -0.4 is 5.73 Å². The van der Waals surface area contributed by atoms with Crippen molar-refractivity contribution in [3.05, 3.63) is 35.5 Å². The van der Waals surface area contributed by atoms with E-state index in [4.69, 9.17) is 5.73 Å². The van der Waals surface area contributed by atoms with Crippen LogP contribution in [0.2, 0.25) is 0 Å². The molecule has 0 bridgehead atoms. The molecule has 1 heterocycles. The third-order valence-electron chi connectivity index (χ3n) is 3.37. The summed E-state index contributed by atoms with van der Waals surface area (Å²) in [5, 5.41) is 0.0289. The van der Waals surface area contributed by atoms with Crippen molar-refractivity contribution in [2.24, 2.45) is 5.73 Å². The first-order valence-electron chi connectivity index (χ1n) is 6.34. The highest BCUT2D eigenvalue weighted by Crippen LogP contribution is 2.36. The number of esters is 1. The second-order valence-electron chi connectivity index (χ2n) is 4.55. The maximum absolute atomic E-state index is 13.1. The molecule has 1 aromatic carbocycles. The molecule has 0 aliphatic rings. The third-order valence-corrected chi connectivity index (χ3v) is 3.37. The molecule has 2 N–H and O–H groups in total. The molecule has 21 heavy (non-hydrogen) atoms. The van der Waals surface area contributed by atoms with Gasteiger partial charge < -0.3 is 15.0 Å². The largest absolute Gasteiger partial charge is 0.468 e. The number of fused-ring (bicyclic) bond motifs is 1. The van der Waals surface area contributed by atoms with Gasteiger partial charge in [0, 0.05) is 23.1 Å². The lowest BCUT2D eigenvalue weighted by molar-refractivity contribution is -0.142. The van der Waals surface area contributed by atoms with Gasteiger partial charge in [-0.2, -0.15) is 13.2 Å².